The maximum atomic E-state index is 13.2. The molecule has 1 atom stereocenters. The Bertz CT molecular complexity index is 1350. The SMILES string of the molecule is CCOC(=O)C1=C(CSc2nnc(-c3ccccc3)s2)Nc2ncnn2[C@H]1c1ccc(OC)cc1. The van der Waals surface area contributed by atoms with Gasteiger partial charge in [0.05, 0.1) is 19.3 Å². The van der Waals surface area contributed by atoms with Crippen molar-refractivity contribution >= 4 is 35.0 Å². The molecule has 0 fully saturated rings. The van der Waals surface area contributed by atoms with Crippen molar-refractivity contribution in [3.05, 3.63) is 77.8 Å². The Morgan fingerprint density at radius 1 is 1.14 bits per heavy atom. The first-order valence-corrected chi connectivity index (χ1v) is 12.7. The van der Waals surface area contributed by atoms with Crippen molar-refractivity contribution in [1.82, 2.24) is 25.0 Å². The number of nitrogens with one attached hydrogen (secondary N) is 1. The van der Waals surface area contributed by atoms with Gasteiger partial charge in [0.1, 0.15) is 23.1 Å². The molecule has 1 aliphatic heterocycles. The van der Waals surface area contributed by atoms with Crippen LogP contribution in [0.3, 0.4) is 0 Å². The molecule has 0 aliphatic carbocycles. The zero-order valence-electron chi connectivity index (χ0n) is 19.0. The van der Waals surface area contributed by atoms with E-state index in [1.165, 1.54) is 29.4 Å². The first-order chi connectivity index (χ1) is 17.2. The standard InChI is InChI=1S/C24H22N6O3S2/c1-3-33-22(31)19-18(13-34-24-29-28-21(35-24)16-7-5-4-6-8-16)27-23-25-14-26-30(23)20(19)15-9-11-17(32-2)12-10-15/h4-12,14,20H,3,13H2,1-2H3,(H,25,26,27)/t20-/m0/s1. The molecule has 2 aromatic carbocycles. The van der Waals surface area contributed by atoms with Crippen molar-refractivity contribution in [2.45, 2.75) is 17.3 Å². The van der Waals surface area contributed by atoms with Gasteiger partial charge < -0.3 is 14.8 Å². The van der Waals surface area contributed by atoms with Crippen LogP contribution in [-0.2, 0) is 9.53 Å². The summed E-state index contributed by atoms with van der Waals surface area (Å²) in [6.07, 6.45) is 1.47. The number of anilines is 1. The summed E-state index contributed by atoms with van der Waals surface area (Å²) < 4.78 is 13.3. The van der Waals surface area contributed by atoms with Crippen LogP contribution in [0, 0.1) is 0 Å². The number of fused-ring (bicyclic) bond motifs is 1. The lowest BCUT2D eigenvalue weighted by molar-refractivity contribution is -0.139. The average Bonchev–Trinajstić information content (AvgIpc) is 3.57. The van der Waals surface area contributed by atoms with Gasteiger partial charge in [-0.3, -0.25) is 0 Å². The molecule has 1 aliphatic rings. The minimum atomic E-state index is -0.497. The topological polar surface area (TPSA) is 104 Å². The van der Waals surface area contributed by atoms with Gasteiger partial charge in [0.25, 0.3) is 0 Å². The number of carbonyl (C=O) groups is 1. The van der Waals surface area contributed by atoms with Crippen LogP contribution >= 0.6 is 23.1 Å². The number of rotatable bonds is 8. The molecule has 0 radical (unpaired) electrons. The molecule has 9 nitrogen and oxygen atoms in total. The summed E-state index contributed by atoms with van der Waals surface area (Å²) in [5, 5.41) is 17.2. The lowest BCUT2D eigenvalue weighted by Gasteiger charge is -2.29. The highest BCUT2D eigenvalue weighted by Gasteiger charge is 2.35. The van der Waals surface area contributed by atoms with Crippen molar-refractivity contribution in [1.29, 1.82) is 0 Å². The van der Waals surface area contributed by atoms with Crippen LogP contribution in [0.1, 0.15) is 18.5 Å². The lowest BCUT2D eigenvalue weighted by atomic mass is 9.95. The van der Waals surface area contributed by atoms with Crippen molar-refractivity contribution in [3.8, 4) is 16.3 Å². The van der Waals surface area contributed by atoms with Gasteiger partial charge in [0.2, 0.25) is 5.95 Å². The maximum absolute atomic E-state index is 13.2. The number of aromatic nitrogens is 5. The largest absolute Gasteiger partial charge is 0.497 e. The molecule has 35 heavy (non-hydrogen) atoms. The van der Waals surface area contributed by atoms with E-state index >= 15 is 0 Å². The van der Waals surface area contributed by atoms with Crippen molar-refractivity contribution in [3.63, 3.8) is 0 Å². The van der Waals surface area contributed by atoms with Crippen LogP contribution in [0.15, 0.2) is 76.5 Å². The molecule has 1 N–H and O–H groups in total. The van der Waals surface area contributed by atoms with Crippen LogP contribution in [0.4, 0.5) is 5.95 Å². The number of hydrogen-bond acceptors (Lipinski definition) is 10. The predicted octanol–water partition coefficient (Wildman–Crippen LogP) is 4.43. The van der Waals surface area contributed by atoms with E-state index in [2.05, 4.69) is 25.6 Å². The quantitative estimate of drug-likeness (QED) is 0.274. The van der Waals surface area contributed by atoms with Gasteiger partial charge in [-0.15, -0.1) is 10.2 Å². The van der Waals surface area contributed by atoms with Gasteiger partial charge >= 0.3 is 5.97 Å². The summed E-state index contributed by atoms with van der Waals surface area (Å²) in [6.45, 7) is 2.05. The fraction of sp³-hybridized carbons (Fsp3) is 0.208. The number of thioether (sulfide) groups is 1. The second-order valence-electron chi connectivity index (χ2n) is 7.47. The van der Waals surface area contributed by atoms with Crippen LogP contribution < -0.4 is 10.1 Å². The summed E-state index contributed by atoms with van der Waals surface area (Å²) in [5.41, 5.74) is 3.07. The number of carbonyl (C=O) groups excluding carboxylic acids is 1. The Balaban J connectivity index is 1.49. The molecule has 3 heterocycles. The molecule has 5 rings (SSSR count). The van der Waals surface area contributed by atoms with Gasteiger partial charge in [-0.1, -0.05) is 65.6 Å². The molecule has 178 valence electrons. The van der Waals surface area contributed by atoms with Gasteiger partial charge in [0.15, 0.2) is 4.34 Å². The second-order valence-corrected chi connectivity index (χ2v) is 9.67. The molecule has 2 aromatic heterocycles. The van der Waals surface area contributed by atoms with Crippen LogP contribution in [-0.4, -0.2) is 50.4 Å². The fourth-order valence-electron chi connectivity index (χ4n) is 3.77. The number of hydrogen-bond donors (Lipinski definition) is 1. The number of benzene rings is 2. The number of methoxy groups -OCH3 is 1. The third-order valence-electron chi connectivity index (χ3n) is 5.37. The van der Waals surface area contributed by atoms with Crippen LogP contribution in [0.2, 0.25) is 0 Å². The van der Waals surface area contributed by atoms with E-state index in [0.29, 0.717) is 23.0 Å². The Morgan fingerprint density at radius 2 is 1.94 bits per heavy atom. The van der Waals surface area contributed by atoms with Gasteiger partial charge in [0, 0.05) is 17.0 Å². The van der Waals surface area contributed by atoms with Crippen LogP contribution in [0.5, 0.6) is 5.75 Å². The number of ether oxygens (including phenoxy) is 2. The molecule has 0 saturated heterocycles. The number of esters is 1. The minimum absolute atomic E-state index is 0.263. The monoisotopic (exact) mass is 506 g/mol. The first kappa shape index (κ1) is 23.1. The molecule has 0 amide bonds. The highest BCUT2D eigenvalue weighted by Crippen LogP contribution is 2.38. The van der Waals surface area contributed by atoms with Gasteiger partial charge in [-0.25, -0.2) is 9.48 Å². The molecule has 11 heteroatoms. The molecule has 0 unspecified atom stereocenters. The van der Waals surface area contributed by atoms with E-state index in [4.69, 9.17) is 9.47 Å². The molecule has 0 spiro atoms. The minimum Gasteiger partial charge on any atom is -0.497 e. The first-order valence-electron chi connectivity index (χ1n) is 10.9. The highest BCUT2D eigenvalue weighted by molar-refractivity contribution is 8.01. The Hall–Kier alpha value is -3.70. The lowest BCUT2D eigenvalue weighted by Crippen LogP contribution is -2.31. The third kappa shape index (κ3) is 4.77. The predicted molar refractivity (Wildman–Crippen MR) is 135 cm³/mol. The second kappa shape index (κ2) is 10.3. The van der Waals surface area contributed by atoms with Crippen molar-refractivity contribution < 1.29 is 14.3 Å². The van der Waals surface area contributed by atoms with E-state index in [1.54, 1.807) is 18.7 Å². The normalized spacial score (nSPS) is 14.9. The van der Waals surface area contributed by atoms with Gasteiger partial charge in [-0.05, 0) is 24.6 Å². The number of nitrogens with zero attached hydrogens (tertiary/aromatic N) is 5. The Kier molecular flexibility index (Phi) is 6.77. The summed E-state index contributed by atoms with van der Waals surface area (Å²) in [4.78, 5) is 17.6. The molecular formula is C24H22N6O3S2. The van der Waals surface area contributed by atoms with E-state index in [0.717, 1.165) is 26.2 Å². The van der Waals surface area contributed by atoms with Gasteiger partial charge in [-0.2, -0.15) is 10.1 Å². The van der Waals surface area contributed by atoms with E-state index < -0.39 is 12.0 Å². The molecule has 0 bridgehead atoms. The molecule has 0 saturated carbocycles. The highest BCUT2D eigenvalue weighted by atomic mass is 32.2. The summed E-state index contributed by atoms with van der Waals surface area (Å²) in [6, 6.07) is 17.0. The van der Waals surface area contributed by atoms with Crippen LogP contribution in [0.25, 0.3) is 10.6 Å². The zero-order chi connectivity index (χ0) is 24.2. The molecule has 4 aromatic rings. The van der Waals surface area contributed by atoms with E-state index in [1.807, 2.05) is 54.6 Å². The maximum Gasteiger partial charge on any atom is 0.338 e. The van der Waals surface area contributed by atoms with E-state index in [-0.39, 0.29) is 6.61 Å². The van der Waals surface area contributed by atoms with Crippen molar-refractivity contribution in [2.75, 3.05) is 24.8 Å². The van der Waals surface area contributed by atoms with E-state index in [9.17, 15) is 4.79 Å². The smallest absolute Gasteiger partial charge is 0.338 e. The molecular weight excluding hydrogens is 484 g/mol. The fourth-order valence-corrected chi connectivity index (χ4v) is 5.60. The Labute approximate surface area is 210 Å². The summed E-state index contributed by atoms with van der Waals surface area (Å²) >= 11 is 3.01. The van der Waals surface area contributed by atoms with Crippen molar-refractivity contribution in [2.24, 2.45) is 0 Å². The Morgan fingerprint density at radius 3 is 2.69 bits per heavy atom. The average molecular weight is 507 g/mol. The summed E-state index contributed by atoms with van der Waals surface area (Å²) in [7, 11) is 1.62. The summed E-state index contributed by atoms with van der Waals surface area (Å²) in [5.74, 6) is 1.33. The zero-order valence-corrected chi connectivity index (χ0v) is 20.7. The third-order valence-corrected chi connectivity index (χ3v) is 7.51.